The van der Waals surface area contributed by atoms with Gasteiger partial charge in [0.05, 0.1) is 18.2 Å². The molecular formula is C20H21N5O6. The van der Waals surface area contributed by atoms with E-state index in [0.717, 1.165) is 5.56 Å². The number of fused-ring (bicyclic) bond motifs is 1. The summed E-state index contributed by atoms with van der Waals surface area (Å²) in [6.45, 7) is 0. The zero-order chi connectivity index (χ0) is 22.7. The molecule has 0 saturated carbocycles. The molecule has 8 N–H and O–H groups in total. The number of carboxylic acid groups (broad SMARTS) is 2. The van der Waals surface area contributed by atoms with Crippen LogP contribution in [-0.2, 0) is 22.4 Å². The molecule has 1 aromatic carbocycles. The minimum Gasteiger partial charge on any atom is -0.481 e. The Labute approximate surface area is 175 Å². The number of primary amides is 1. The third-order valence-corrected chi connectivity index (χ3v) is 4.99. The van der Waals surface area contributed by atoms with Gasteiger partial charge in [0.25, 0.3) is 5.56 Å². The van der Waals surface area contributed by atoms with Gasteiger partial charge in [-0.3, -0.25) is 24.2 Å². The number of rotatable bonds is 9. The summed E-state index contributed by atoms with van der Waals surface area (Å²) in [6.07, 6.45) is 1.62. The molecule has 0 fully saturated rings. The fraction of sp³-hybridized carbons (Fsp3) is 0.250. The zero-order valence-corrected chi connectivity index (χ0v) is 16.3. The standard InChI is InChI=1S/C20H21N5O6/c21-17(30)12-4-2-9(5-13(12)11(6-14(26)27)7-15(28)29)1-3-10-8-23-18-16(10)19(31)25-20(22)24-18/h2,4-5,8,11H,1,3,6-7H2,(H2,21,30)(H,26,27)(H,28,29)(H4,22,23,24,25,31). The predicted octanol–water partition coefficient (Wildman–Crippen LogP) is 0.750. The van der Waals surface area contributed by atoms with E-state index in [9.17, 15) is 29.4 Å². The molecule has 0 aliphatic carbocycles. The molecule has 31 heavy (non-hydrogen) atoms. The lowest BCUT2D eigenvalue weighted by molar-refractivity contribution is -0.139. The first kappa shape index (κ1) is 21.6. The molecule has 0 saturated heterocycles. The van der Waals surface area contributed by atoms with Crippen LogP contribution < -0.4 is 17.0 Å². The molecule has 0 unspecified atom stereocenters. The summed E-state index contributed by atoms with van der Waals surface area (Å²) in [7, 11) is 0. The fourth-order valence-electron chi connectivity index (χ4n) is 3.64. The van der Waals surface area contributed by atoms with Gasteiger partial charge in [0.2, 0.25) is 11.9 Å². The topological polar surface area (TPSA) is 205 Å². The van der Waals surface area contributed by atoms with E-state index < -0.39 is 36.6 Å². The lowest BCUT2D eigenvalue weighted by Crippen LogP contribution is -2.19. The Balaban J connectivity index is 1.93. The van der Waals surface area contributed by atoms with E-state index in [2.05, 4.69) is 15.0 Å². The lowest BCUT2D eigenvalue weighted by atomic mass is 9.86. The smallest absolute Gasteiger partial charge is 0.303 e. The molecule has 0 aliphatic rings. The normalized spacial score (nSPS) is 11.1. The number of hydrogen-bond donors (Lipinski definition) is 6. The van der Waals surface area contributed by atoms with E-state index >= 15 is 0 Å². The number of aromatic amines is 2. The molecule has 3 rings (SSSR count). The number of nitrogens with two attached hydrogens (primary N) is 2. The average molecular weight is 427 g/mol. The summed E-state index contributed by atoms with van der Waals surface area (Å²) < 4.78 is 0. The van der Waals surface area contributed by atoms with Crippen LogP contribution in [0, 0.1) is 0 Å². The molecule has 0 atom stereocenters. The van der Waals surface area contributed by atoms with Gasteiger partial charge in [-0.1, -0.05) is 12.1 Å². The summed E-state index contributed by atoms with van der Waals surface area (Å²) in [5.74, 6) is -4.05. The first-order chi connectivity index (χ1) is 14.7. The number of aromatic nitrogens is 3. The Morgan fingerprint density at radius 1 is 1.10 bits per heavy atom. The van der Waals surface area contributed by atoms with Gasteiger partial charge < -0.3 is 26.7 Å². The van der Waals surface area contributed by atoms with Gasteiger partial charge in [-0.15, -0.1) is 0 Å². The predicted molar refractivity (Wildman–Crippen MR) is 111 cm³/mol. The number of aliphatic carboxylic acids is 2. The SMILES string of the molecule is NC(=O)c1ccc(CCc2c[nH]c3nc(N)[nH]c(=O)c23)cc1C(CC(=O)O)CC(=O)O. The number of H-pyrrole nitrogens is 2. The van der Waals surface area contributed by atoms with Crippen molar-refractivity contribution in [2.75, 3.05) is 5.73 Å². The summed E-state index contributed by atoms with van der Waals surface area (Å²) >= 11 is 0. The number of benzene rings is 1. The largest absolute Gasteiger partial charge is 0.481 e. The van der Waals surface area contributed by atoms with Crippen LogP contribution in [0.4, 0.5) is 5.95 Å². The Kier molecular flexibility index (Phi) is 6.05. The van der Waals surface area contributed by atoms with E-state index in [1.165, 1.54) is 6.07 Å². The molecule has 11 heteroatoms. The number of nitrogens with one attached hydrogen (secondary N) is 2. The Morgan fingerprint density at radius 2 is 1.77 bits per heavy atom. The Morgan fingerprint density at radius 3 is 2.39 bits per heavy atom. The monoisotopic (exact) mass is 427 g/mol. The molecule has 0 bridgehead atoms. The van der Waals surface area contributed by atoms with Crippen LogP contribution in [0.25, 0.3) is 11.0 Å². The van der Waals surface area contributed by atoms with E-state index in [-0.39, 0.29) is 22.6 Å². The number of hydrogen-bond acceptors (Lipinski definition) is 6. The van der Waals surface area contributed by atoms with E-state index in [1.807, 2.05) is 0 Å². The highest BCUT2D eigenvalue weighted by Crippen LogP contribution is 2.29. The first-order valence-electron chi connectivity index (χ1n) is 9.37. The van der Waals surface area contributed by atoms with Crippen molar-refractivity contribution in [3.05, 3.63) is 57.0 Å². The molecule has 1 amide bonds. The molecule has 0 spiro atoms. The zero-order valence-electron chi connectivity index (χ0n) is 16.3. The number of aryl methyl sites for hydroxylation is 2. The van der Waals surface area contributed by atoms with Gasteiger partial charge in [0, 0.05) is 17.7 Å². The maximum atomic E-state index is 12.2. The maximum absolute atomic E-state index is 12.2. The second-order valence-corrected chi connectivity index (χ2v) is 7.17. The van der Waals surface area contributed by atoms with E-state index in [4.69, 9.17) is 11.5 Å². The van der Waals surface area contributed by atoms with Crippen molar-refractivity contribution < 1.29 is 24.6 Å². The molecule has 2 aromatic heterocycles. The maximum Gasteiger partial charge on any atom is 0.303 e. The third-order valence-electron chi connectivity index (χ3n) is 4.99. The highest BCUT2D eigenvalue weighted by molar-refractivity contribution is 5.95. The molecular weight excluding hydrogens is 406 g/mol. The molecule has 2 heterocycles. The van der Waals surface area contributed by atoms with Crippen molar-refractivity contribution in [2.24, 2.45) is 5.73 Å². The Hall–Kier alpha value is -4.15. The lowest BCUT2D eigenvalue weighted by Gasteiger charge is -2.17. The van der Waals surface area contributed by atoms with E-state index in [0.29, 0.717) is 29.4 Å². The highest BCUT2D eigenvalue weighted by atomic mass is 16.4. The third kappa shape index (κ3) is 4.89. The second kappa shape index (κ2) is 8.69. The van der Waals surface area contributed by atoms with Crippen molar-refractivity contribution in [1.82, 2.24) is 15.0 Å². The van der Waals surface area contributed by atoms with Gasteiger partial charge in [0.1, 0.15) is 5.65 Å². The number of carboxylic acids is 2. The van der Waals surface area contributed by atoms with Crippen molar-refractivity contribution in [3.63, 3.8) is 0 Å². The van der Waals surface area contributed by atoms with Gasteiger partial charge in [-0.05, 0) is 35.6 Å². The molecule has 3 aromatic rings. The minimum absolute atomic E-state index is 0.000449. The minimum atomic E-state index is -1.18. The van der Waals surface area contributed by atoms with Crippen LogP contribution in [0.3, 0.4) is 0 Å². The second-order valence-electron chi connectivity index (χ2n) is 7.17. The van der Waals surface area contributed by atoms with Crippen LogP contribution in [0.5, 0.6) is 0 Å². The van der Waals surface area contributed by atoms with Crippen LogP contribution >= 0.6 is 0 Å². The van der Waals surface area contributed by atoms with Gasteiger partial charge in [0.15, 0.2) is 0 Å². The van der Waals surface area contributed by atoms with Gasteiger partial charge >= 0.3 is 11.9 Å². The summed E-state index contributed by atoms with van der Waals surface area (Å²) in [6, 6.07) is 4.73. The summed E-state index contributed by atoms with van der Waals surface area (Å²) in [4.78, 5) is 55.9. The molecule has 162 valence electrons. The number of nitrogen functional groups attached to an aromatic ring is 1. The first-order valence-corrected chi connectivity index (χ1v) is 9.37. The van der Waals surface area contributed by atoms with Gasteiger partial charge in [-0.2, -0.15) is 4.98 Å². The molecule has 0 radical (unpaired) electrons. The Bertz CT molecular complexity index is 1210. The quantitative estimate of drug-likeness (QED) is 0.286. The van der Waals surface area contributed by atoms with Gasteiger partial charge in [-0.25, -0.2) is 0 Å². The van der Waals surface area contributed by atoms with Crippen molar-refractivity contribution in [1.29, 1.82) is 0 Å². The number of nitrogens with zero attached hydrogens (tertiary/aromatic N) is 1. The molecule has 0 aliphatic heterocycles. The van der Waals surface area contributed by atoms with E-state index in [1.54, 1.807) is 18.3 Å². The summed E-state index contributed by atoms with van der Waals surface area (Å²) in [5, 5.41) is 18.7. The number of anilines is 1. The van der Waals surface area contributed by atoms with Crippen LogP contribution in [0.1, 0.15) is 45.8 Å². The van der Waals surface area contributed by atoms with Crippen molar-refractivity contribution in [2.45, 2.75) is 31.6 Å². The van der Waals surface area contributed by atoms with Crippen molar-refractivity contribution in [3.8, 4) is 0 Å². The number of amides is 1. The van der Waals surface area contributed by atoms with Crippen LogP contribution in [0.2, 0.25) is 0 Å². The highest BCUT2D eigenvalue weighted by Gasteiger charge is 2.24. The van der Waals surface area contributed by atoms with Crippen LogP contribution in [-0.4, -0.2) is 43.0 Å². The number of carbonyl (C=O) groups is 3. The summed E-state index contributed by atoms with van der Waals surface area (Å²) in [5.41, 5.74) is 12.8. The number of carbonyl (C=O) groups excluding carboxylic acids is 1. The fourth-order valence-corrected chi connectivity index (χ4v) is 3.64. The van der Waals surface area contributed by atoms with Crippen LogP contribution in [0.15, 0.2) is 29.2 Å². The van der Waals surface area contributed by atoms with Crippen molar-refractivity contribution >= 4 is 34.8 Å². The molecule has 11 nitrogen and oxygen atoms in total. The average Bonchev–Trinajstić information content (AvgIpc) is 3.07.